The average molecular weight is 324 g/mol. The van der Waals surface area contributed by atoms with E-state index in [1.807, 2.05) is 28.8 Å². The second-order valence-electron chi connectivity index (χ2n) is 5.20. The third-order valence-electron chi connectivity index (χ3n) is 3.77. The molecule has 6 heteroatoms. The summed E-state index contributed by atoms with van der Waals surface area (Å²) in [5.41, 5.74) is 2.47. The monoisotopic (exact) mass is 324 g/mol. The van der Waals surface area contributed by atoms with Gasteiger partial charge in [-0.15, -0.1) is 0 Å². The molecule has 3 aromatic rings. The number of ether oxygens (including phenoxy) is 2. The molecule has 0 N–H and O–H groups in total. The Kier molecular flexibility index (Phi) is 4.29. The Balaban J connectivity index is 1.99. The van der Waals surface area contributed by atoms with Gasteiger partial charge in [-0.2, -0.15) is 0 Å². The van der Waals surface area contributed by atoms with Crippen molar-refractivity contribution in [3.05, 3.63) is 65.6 Å². The summed E-state index contributed by atoms with van der Waals surface area (Å²) in [6.45, 7) is 0.388. The number of pyridine rings is 1. The van der Waals surface area contributed by atoms with Gasteiger partial charge < -0.3 is 14.0 Å². The molecule has 122 valence electrons. The van der Waals surface area contributed by atoms with Gasteiger partial charge in [0.2, 0.25) is 0 Å². The van der Waals surface area contributed by atoms with Crippen LogP contribution >= 0.6 is 0 Å². The van der Waals surface area contributed by atoms with Crippen molar-refractivity contribution in [2.45, 2.75) is 6.54 Å². The molecule has 2 heterocycles. The minimum Gasteiger partial charge on any atom is -0.465 e. The number of nitrogens with zero attached hydrogens (tertiary/aromatic N) is 2. The van der Waals surface area contributed by atoms with E-state index in [4.69, 9.17) is 4.74 Å². The SMILES string of the molecule is COC(=O)c1ccc(Cn2c(C(=O)OC)cc3ccccc32)nc1. The first kappa shape index (κ1) is 15.7. The molecule has 0 atom stereocenters. The summed E-state index contributed by atoms with van der Waals surface area (Å²) in [6, 6.07) is 12.9. The highest BCUT2D eigenvalue weighted by atomic mass is 16.5. The number of carbonyl (C=O) groups is 2. The van der Waals surface area contributed by atoms with E-state index in [0.29, 0.717) is 23.5 Å². The number of hydrogen-bond acceptors (Lipinski definition) is 5. The van der Waals surface area contributed by atoms with Crippen LogP contribution in [0.15, 0.2) is 48.7 Å². The molecule has 0 bridgehead atoms. The van der Waals surface area contributed by atoms with E-state index in [-0.39, 0.29) is 0 Å². The van der Waals surface area contributed by atoms with Crippen LogP contribution in [0.1, 0.15) is 26.5 Å². The molecule has 0 unspecified atom stereocenters. The second-order valence-corrected chi connectivity index (χ2v) is 5.20. The Bertz CT molecular complexity index is 897. The Hall–Kier alpha value is -3.15. The van der Waals surface area contributed by atoms with Gasteiger partial charge in [0.25, 0.3) is 0 Å². The minimum absolute atomic E-state index is 0.381. The van der Waals surface area contributed by atoms with Crippen molar-refractivity contribution in [3.63, 3.8) is 0 Å². The molecule has 0 saturated heterocycles. The summed E-state index contributed by atoms with van der Waals surface area (Å²) >= 11 is 0. The largest absolute Gasteiger partial charge is 0.465 e. The summed E-state index contributed by atoms with van der Waals surface area (Å²) in [7, 11) is 2.68. The summed E-state index contributed by atoms with van der Waals surface area (Å²) in [4.78, 5) is 27.8. The topological polar surface area (TPSA) is 70.4 Å². The van der Waals surface area contributed by atoms with E-state index in [0.717, 1.165) is 10.9 Å². The van der Waals surface area contributed by atoms with Crippen LogP contribution in [0.4, 0.5) is 0 Å². The Morgan fingerprint density at radius 1 is 1.04 bits per heavy atom. The predicted molar refractivity (Wildman–Crippen MR) is 88.0 cm³/mol. The number of para-hydroxylation sites is 1. The first-order valence-electron chi connectivity index (χ1n) is 7.34. The normalized spacial score (nSPS) is 10.6. The summed E-state index contributed by atoms with van der Waals surface area (Å²) in [5, 5.41) is 0.948. The van der Waals surface area contributed by atoms with Crippen LogP contribution in [0.25, 0.3) is 10.9 Å². The van der Waals surface area contributed by atoms with Crippen LogP contribution < -0.4 is 0 Å². The third kappa shape index (κ3) is 2.86. The minimum atomic E-state index is -0.435. The molecule has 1 aromatic carbocycles. The summed E-state index contributed by atoms with van der Waals surface area (Å²) in [5.74, 6) is -0.840. The van der Waals surface area contributed by atoms with Crippen molar-refractivity contribution in [1.29, 1.82) is 0 Å². The fourth-order valence-electron chi connectivity index (χ4n) is 2.57. The van der Waals surface area contributed by atoms with Crippen molar-refractivity contribution < 1.29 is 19.1 Å². The second kappa shape index (κ2) is 6.54. The molecule has 0 fully saturated rings. The van der Waals surface area contributed by atoms with Gasteiger partial charge in [-0.1, -0.05) is 18.2 Å². The highest BCUT2D eigenvalue weighted by molar-refractivity contribution is 5.95. The zero-order chi connectivity index (χ0) is 17.1. The predicted octanol–water partition coefficient (Wildman–Crippen LogP) is 2.66. The van der Waals surface area contributed by atoms with E-state index >= 15 is 0 Å². The molecule has 2 aromatic heterocycles. The maximum Gasteiger partial charge on any atom is 0.354 e. The van der Waals surface area contributed by atoms with Crippen molar-refractivity contribution in [1.82, 2.24) is 9.55 Å². The van der Waals surface area contributed by atoms with E-state index in [2.05, 4.69) is 9.72 Å². The lowest BCUT2D eigenvalue weighted by Gasteiger charge is -2.09. The number of methoxy groups -OCH3 is 2. The van der Waals surface area contributed by atoms with Crippen LogP contribution in [0, 0.1) is 0 Å². The Morgan fingerprint density at radius 3 is 2.46 bits per heavy atom. The molecule has 0 aliphatic heterocycles. The fraction of sp³-hybridized carbons (Fsp3) is 0.167. The molecular formula is C18H16N2O4. The number of hydrogen-bond donors (Lipinski definition) is 0. The number of esters is 2. The zero-order valence-corrected chi connectivity index (χ0v) is 13.4. The molecule has 24 heavy (non-hydrogen) atoms. The first-order valence-corrected chi connectivity index (χ1v) is 7.34. The smallest absolute Gasteiger partial charge is 0.354 e. The van der Waals surface area contributed by atoms with E-state index in [1.165, 1.54) is 20.4 Å². The van der Waals surface area contributed by atoms with Crippen LogP contribution in [0.2, 0.25) is 0 Å². The van der Waals surface area contributed by atoms with Crippen molar-refractivity contribution in [3.8, 4) is 0 Å². The molecule has 0 saturated carbocycles. The molecule has 3 rings (SSSR count). The van der Waals surface area contributed by atoms with Gasteiger partial charge in [0, 0.05) is 17.1 Å². The molecule has 0 radical (unpaired) electrons. The molecule has 0 aliphatic carbocycles. The fourth-order valence-corrected chi connectivity index (χ4v) is 2.57. The number of fused-ring (bicyclic) bond motifs is 1. The van der Waals surface area contributed by atoms with Gasteiger partial charge in [-0.05, 0) is 24.3 Å². The van der Waals surface area contributed by atoms with E-state index in [9.17, 15) is 9.59 Å². The summed E-state index contributed by atoms with van der Waals surface area (Å²) in [6.07, 6.45) is 1.46. The lowest BCUT2D eigenvalue weighted by molar-refractivity contribution is 0.0585. The van der Waals surface area contributed by atoms with Gasteiger partial charge in [0.05, 0.1) is 32.0 Å². The van der Waals surface area contributed by atoms with Crippen molar-refractivity contribution in [2.75, 3.05) is 14.2 Å². The highest BCUT2D eigenvalue weighted by Crippen LogP contribution is 2.21. The molecular weight excluding hydrogens is 308 g/mol. The van der Waals surface area contributed by atoms with E-state index < -0.39 is 11.9 Å². The zero-order valence-electron chi connectivity index (χ0n) is 13.4. The van der Waals surface area contributed by atoms with Crippen LogP contribution in [0.5, 0.6) is 0 Å². The average Bonchev–Trinajstić information content (AvgIpc) is 2.99. The van der Waals surface area contributed by atoms with Crippen LogP contribution in [-0.4, -0.2) is 35.7 Å². The quantitative estimate of drug-likeness (QED) is 0.690. The Morgan fingerprint density at radius 2 is 1.79 bits per heavy atom. The van der Waals surface area contributed by atoms with Gasteiger partial charge >= 0.3 is 11.9 Å². The standard InChI is InChI=1S/C18H16N2O4/c1-23-17(21)13-7-8-14(19-10-13)11-20-15-6-4-3-5-12(15)9-16(20)18(22)24-2/h3-10H,11H2,1-2H3. The van der Waals surface area contributed by atoms with Gasteiger partial charge in [-0.25, -0.2) is 9.59 Å². The van der Waals surface area contributed by atoms with Gasteiger partial charge in [-0.3, -0.25) is 4.98 Å². The van der Waals surface area contributed by atoms with Gasteiger partial charge in [0.15, 0.2) is 0 Å². The number of carbonyl (C=O) groups excluding carboxylic acids is 2. The number of rotatable bonds is 4. The third-order valence-corrected chi connectivity index (χ3v) is 3.77. The molecule has 0 amide bonds. The maximum absolute atomic E-state index is 12.1. The number of benzene rings is 1. The lowest BCUT2D eigenvalue weighted by atomic mass is 10.2. The summed E-state index contributed by atoms with van der Waals surface area (Å²) < 4.78 is 11.4. The number of aromatic nitrogens is 2. The van der Waals surface area contributed by atoms with Crippen molar-refractivity contribution >= 4 is 22.8 Å². The Labute approximate surface area is 138 Å². The first-order chi connectivity index (χ1) is 11.6. The van der Waals surface area contributed by atoms with Crippen LogP contribution in [0.3, 0.4) is 0 Å². The maximum atomic E-state index is 12.1. The molecule has 6 nitrogen and oxygen atoms in total. The molecule has 0 spiro atoms. The van der Waals surface area contributed by atoms with E-state index in [1.54, 1.807) is 18.2 Å². The lowest BCUT2D eigenvalue weighted by Crippen LogP contribution is -2.12. The van der Waals surface area contributed by atoms with Crippen LogP contribution in [-0.2, 0) is 16.0 Å². The van der Waals surface area contributed by atoms with Gasteiger partial charge in [0.1, 0.15) is 5.69 Å². The van der Waals surface area contributed by atoms with Crippen molar-refractivity contribution in [2.24, 2.45) is 0 Å². The highest BCUT2D eigenvalue weighted by Gasteiger charge is 2.16. The molecule has 0 aliphatic rings.